The zero-order chi connectivity index (χ0) is 16.4. The van der Waals surface area contributed by atoms with Crippen LogP contribution in [0.15, 0.2) is 53.4 Å². The topological polar surface area (TPSA) is 55.4 Å². The van der Waals surface area contributed by atoms with Crippen molar-refractivity contribution in [2.24, 2.45) is 0 Å². The fourth-order valence-corrected chi connectivity index (χ4v) is 2.38. The molecule has 2 aromatic rings. The largest absolute Gasteiger partial charge is 0.457 e. The highest BCUT2D eigenvalue weighted by Crippen LogP contribution is 2.31. The predicted molar refractivity (Wildman–Crippen MR) is 74.2 cm³/mol. The van der Waals surface area contributed by atoms with Crippen LogP contribution in [-0.4, -0.2) is 15.5 Å². The van der Waals surface area contributed by atoms with Gasteiger partial charge in [0, 0.05) is 0 Å². The summed E-state index contributed by atoms with van der Waals surface area (Å²) in [6, 6.07) is 9.73. The van der Waals surface area contributed by atoms with Crippen LogP contribution in [0.5, 0.6) is 11.5 Å². The molecule has 0 bridgehead atoms. The molecule has 0 saturated carbocycles. The molecule has 0 aliphatic rings. The summed E-state index contributed by atoms with van der Waals surface area (Å²) in [6.07, 6.45) is -4.40. The molecule has 0 spiro atoms. The zero-order valence-corrected chi connectivity index (χ0v) is 12.2. The Kier molecular flexibility index (Phi) is 4.43. The van der Waals surface area contributed by atoms with E-state index in [4.69, 9.17) is 4.74 Å². The van der Waals surface area contributed by atoms with Crippen LogP contribution in [-0.2, 0) is 16.2 Å². The molecule has 2 rings (SSSR count). The van der Waals surface area contributed by atoms with E-state index in [2.05, 4.69) is 4.72 Å². The first-order chi connectivity index (χ1) is 10.2. The highest BCUT2D eigenvalue weighted by atomic mass is 32.2. The monoisotopic (exact) mass is 331 g/mol. The highest BCUT2D eigenvalue weighted by molar-refractivity contribution is 7.89. The van der Waals surface area contributed by atoms with Crippen molar-refractivity contribution < 1.29 is 26.3 Å². The zero-order valence-electron chi connectivity index (χ0n) is 11.4. The van der Waals surface area contributed by atoms with Gasteiger partial charge in [0.1, 0.15) is 11.5 Å². The molecular weight excluding hydrogens is 319 g/mol. The summed E-state index contributed by atoms with van der Waals surface area (Å²) in [7, 11) is -2.25. The van der Waals surface area contributed by atoms with Gasteiger partial charge in [0.25, 0.3) is 0 Å². The van der Waals surface area contributed by atoms with Crippen LogP contribution < -0.4 is 9.46 Å². The Bertz CT molecular complexity index is 738. The van der Waals surface area contributed by atoms with Crippen LogP contribution in [0.1, 0.15) is 5.56 Å². The third kappa shape index (κ3) is 3.77. The molecule has 22 heavy (non-hydrogen) atoms. The van der Waals surface area contributed by atoms with Crippen LogP contribution >= 0.6 is 0 Å². The molecule has 0 aliphatic heterocycles. The SMILES string of the molecule is CNS(=O)(=O)c1ccc(Oc2ccc(C(F)(F)F)cc2)cc1. The number of hydrogen-bond acceptors (Lipinski definition) is 3. The van der Waals surface area contributed by atoms with Crippen LogP contribution in [0.4, 0.5) is 13.2 Å². The van der Waals surface area contributed by atoms with Gasteiger partial charge in [0.15, 0.2) is 0 Å². The maximum atomic E-state index is 12.4. The van der Waals surface area contributed by atoms with Crippen molar-refractivity contribution in [3.05, 3.63) is 54.1 Å². The van der Waals surface area contributed by atoms with Gasteiger partial charge in [0.2, 0.25) is 10.0 Å². The maximum Gasteiger partial charge on any atom is 0.416 e. The standard InChI is InChI=1S/C14H12F3NO3S/c1-18-22(19,20)13-8-6-12(7-9-13)21-11-4-2-10(3-5-11)14(15,16)17/h2-9,18H,1H3. The lowest BCUT2D eigenvalue weighted by Crippen LogP contribution is -2.18. The fraction of sp³-hybridized carbons (Fsp3) is 0.143. The van der Waals surface area contributed by atoms with Crippen molar-refractivity contribution in [3.63, 3.8) is 0 Å². The third-order valence-corrected chi connectivity index (χ3v) is 4.25. The molecule has 0 aliphatic carbocycles. The van der Waals surface area contributed by atoms with E-state index in [1.807, 2.05) is 0 Å². The molecule has 1 N–H and O–H groups in total. The molecule has 0 aromatic heterocycles. The molecule has 0 saturated heterocycles. The molecule has 0 atom stereocenters. The lowest BCUT2D eigenvalue weighted by atomic mass is 10.2. The van der Waals surface area contributed by atoms with E-state index in [1.165, 1.54) is 43.4 Å². The minimum Gasteiger partial charge on any atom is -0.457 e. The van der Waals surface area contributed by atoms with E-state index in [9.17, 15) is 21.6 Å². The first kappa shape index (κ1) is 16.3. The maximum absolute atomic E-state index is 12.4. The Morgan fingerprint density at radius 2 is 1.36 bits per heavy atom. The van der Waals surface area contributed by atoms with E-state index in [0.717, 1.165) is 12.1 Å². The number of nitrogens with one attached hydrogen (secondary N) is 1. The molecule has 118 valence electrons. The molecule has 2 aromatic carbocycles. The second-order valence-electron chi connectivity index (χ2n) is 4.30. The summed E-state index contributed by atoms with van der Waals surface area (Å²) in [5.41, 5.74) is -0.768. The van der Waals surface area contributed by atoms with Crippen molar-refractivity contribution in [2.45, 2.75) is 11.1 Å². The number of hydrogen-bond donors (Lipinski definition) is 1. The molecule has 0 amide bonds. The van der Waals surface area contributed by atoms with Gasteiger partial charge in [-0.1, -0.05) is 0 Å². The van der Waals surface area contributed by atoms with Gasteiger partial charge in [-0.2, -0.15) is 13.2 Å². The summed E-state index contributed by atoms with van der Waals surface area (Å²) in [6.45, 7) is 0. The van der Waals surface area contributed by atoms with Crippen molar-refractivity contribution >= 4 is 10.0 Å². The molecule has 8 heteroatoms. The van der Waals surface area contributed by atoms with Crippen molar-refractivity contribution in [1.29, 1.82) is 0 Å². The number of benzene rings is 2. The van der Waals surface area contributed by atoms with Crippen LogP contribution in [0.3, 0.4) is 0 Å². The van der Waals surface area contributed by atoms with Gasteiger partial charge in [-0.05, 0) is 55.6 Å². The number of rotatable bonds is 4. The summed E-state index contributed by atoms with van der Waals surface area (Å²) in [4.78, 5) is 0.0646. The summed E-state index contributed by atoms with van der Waals surface area (Å²) in [5, 5.41) is 0. The van der Waals surface area contributed by atoms with E-state index < -0.39 is 21.8 Å². The van der Waals surface area contributed by atoms with Crippen molar-refractivity contribution in [3.8, 4) is 11.5 Å². The van der Waals surface area contributed by atoms with E-state index in [0.29, 0.717) is 5.75 Å². The average molecular weight is 331 g/mol. The molecule has 0 heterocycles. The smallest absolute Gasteiger partial charge is 0.416 e. The summed E-state index contributed by atoms with van der Waals surface area (Å²) in [5.74, 6) is 0.534. The molecule has 4 nitrogen and oxygen atoms in total. The Hall–Kier alpha value is -2.06. The quantitative estimate of drug-likeness (QED) is 0.934. The lowest BCUT2D eigenvalue weighted by molar-refractivity contribution is -0.137. The summed E-state index contributed by atoms with van der Waals surface area (Å²) >= 11 is 0. The predicted octanol–water partition coefficient (Wildman–Crippen LogP) is 3.41. The number of halogens is 3. The van der Waals surface area contributed by atoms with Gasteiger partial charge < -0.3 is 4.74 Å². The Morgan fingerprint density at radius 3 is 1.77 bits per heavy atom. The average Bonchev–Trinajstić information content (AvgIpc) is 2.47. The normalized spacial score (nSPS) is 12.2. The Morgan fingerprint density at radius 1 is 0.909 bits per heavy atom. The second-order valence-corrected chi connectivity index (χ2v) is 6.19. The number of sulfonamides is 1. The van der Waals surface area contributed by atoms with E-state index in [-0.39, 0.29) is 10.6 Å². The minimum atomic E-state index is -4.40. The molecule has 0 fully saturated rings. The molecule has 0 unspecified atom stereocenters. The van der Waals surface area contributed by atoms with Crippen LogP contribution in [0.2, 0.25) is 0 Å². The third-order valence-electron chi connectivity index (χ3n) is 2.82. The van der Waals surface area contributed by atoms with E-state index in [1.54, 1.807) is 0 Å². The minimum absolute atomic E-state index is 0.0646. The Labute approximate surface area is 125 Å². The first-order valence-electron chi connectivity index (χ1n) is 6.11. The fourth-order valence-electron chi connectivity index (χ4n) is 1.65. The molecule has 0 radical (unpaired) electrons. The van der Waals surface area contributed by atoms with Gasteiger partial charge in [-0.25, -0.2) is 13.1 Å². The van der Waals surface area contributed by atoms with Crippen LogP contribution in [0.25, 0.3) is 0 Å². The van der Waals surface area contributed by atoms with Crippen molar-refractivity contribution in [1.82, 2.24) is 4.72 Å². The van der Waals surface area contributed by atoms with Crippen molar-refractivity contribution in [2.75, 3.05) is 7.05 Å². The van der Waals surface area contributed by atoms with Gasteiger partial charge in [-0.15, -0.1) is 0 Å². The first-order valence-corrected chi connectivity index (χ1v) is 7.59. The highest BCUT2D eigenvalue weighted by Gasteiger charge is 2.30. The number of alkyl halides is 3. The van der Waals surface area contributed by atoms with E-state index >= 15 is 0 Å². The van der Waals surface area contributed by atoms with Crippen LogP contribution in [0, 0.1) is 0 Å². The van der Waals surface area contributed by atoms with Gasteiger partial charge in [-0.3, -0.25) is 0 Å². The second kappa shape index (κ2) is 5.98. The summed E-state index contributed by atoms with van der Waals surface area (Å²) < 4.78 is 67.9. The number of ether oxygens (including phenoxy) is 1. The van der Waals surface area contributed by atoms with Gasteiger partial charge >= 0.3 is 6.18 Å². The van der Waals surface area contributed by atoms with Gasteiger partial charge in [0.05, 0.1) is 10.5 Å². The Balaban J connectivity index is 2.15. The lowest BCUT2D eigenvalue weighted by Gasteiger charge is -2.09. The molecular formula is C14H12F3NO3S.